The van der Waals surface area contributed by atoms with Gasteiger partial charge in [-0.15, -0.1) is 0 Å². The smallest absolute Gasteiger partial charge is 0.308 e. The lowest BCUT2D eigenvalue weighted by Crippen LogP contribution is -2.37. The summed E-state index contributed by atoms with van der Waals surface area (Å²) in [7, 11) is -3.76. The number of ether oxygens (including phenoxy) is 1. The zero-order valence-electron chi connectivity index (χ0n) is 20.0. The zero-order valence-corrected chi connectivity index (χ0v) is 21.6. The molecule has 186 valence electrons. The molecule has 0 aliphatic carbocycles. The van der Waals surface area contributed by atoms with Gasteiger partial charge in [-0.3, -0.25) is 4.79 Å². The van der Waals surface area contributed by atoms with Crippen LogP contribution in [0.5, 0.6) is 5.75 Å². The highest BCUT2D eigenvalue weighted by molar-refractivity contribution is 7.87. The molecule has 1 heterocycles. The SMILES string of the molecule is CCN(CC)c1ccc(CN(CC2CCCO2)C(=O)c2ccccc2Cl)c(OS(=O)(=O)CC)c1. The fraction of sp³-hybridized carbons (Fsp3) is 0.480. The maximum absolute atomic E-state index is 13.5. The molecule has 7 nitrogen and oxygen atoms in total. The van der Waals surface area contributed by atoms with Crippen LogP contribution in [0.4, 0.5) is 5.69 Å². The molecule has 3 rings (SSSR count). The number of amides is 1. The highest BCUT2D eigenvalue weighted by Gasteiger charge is 2.26. The molecule has 1 aliphatic heterocycles. The van der Waals surface area contributed by atoms with E-state index in [1.807, 2.05) is 26.0 Å². The maximum Gasteiger partial charge on any atom is 0.308 e. The molecule has 0 bridgehead atoms. The number of hydrogen-bond acceptors (Lipinski definition) is 6. The van der Waals surface area contributed by atoms with Gasteiger partial charge in [-0.2, -0.15) is 8.42 Å². The lowest BCUT2D eigenvalue weighted by Gasteiger charge is -2.28. The van der Waals surface area contributed by atoms with Crippen LogP contribution in [0.15, 0.2) is 42.5 Å². The summed E-state index contributed by atoms with van der Waals surface area (Å²) >= 11 is 6.32. The van der Waals surface area contributed by atoms with Crippen molar-refractivity contribution in [3.05, 3.63) is 58.6 Å². The monoisotopic (exact) mass is 508 g/mol. The Morgan fingerprint density at radius 3 is 2.50 bits per heavy atom. The van der Waals surface area contributed by atoms with E-state index in [1.165, 1.54) is 6.92 Å². The Balaban J connectivity index is 1.99. The van der Waals surface area contributed by atoms with Crippen LogP contribution in [0.3, 0.4) is 0 Å². The van der Waals surface area contributed by atoms with Gasteiger partial charge < -0.3 is 18.7 Å². The second kappa shape index (κ2) is 11.9. The third-order valence-corrected chi connectivity index (χ3v) is 7.42. The van der Waals surface area contributed by atoms with Crippen molar-refractivity contribution in [1.29, 1.82) is 0 Å². The van der Waals surface area contributed by atoms with Crippen LogP contribution in [0.2, 0.25) is 5.02 Å². The molecule has 1 fully saturated rings. The van der Waals surface area contributed by atoms with Gasteiger partial charge in [-0.1, -0.05) is 29.8 Å². The molecule has 2 aromatic rings. The average molecular weight is 509 g/mol. The summed E-state index contributed by atoms with van der Waals surface area (Å²) in [5, 5.41) is 0.367. The predicted octanol–water partition coefficient (Wildman–Crippen LogP) is 4.74. The van der Waals surface area contributed by atoms with Crippen molar-refractivity contribution in [1.82, 2.24) is 4.90 Å². The molecule has 1 amide bonds. The molecule has 0 N–H and O–H groups in total. The van der Waals surface area contributed by atoms with Crippen molar-refractivity contribution < 1.29 is 22.1 Å². The Morgan fingerprint density at radius 2 is 1.88 bits per heavy atom. The zero-order chi connectivity index (χ0) is 24.7. The Morgan fingerprint density at radius 1 is 1.15 bits per heavy atom. The Labute approximate surface area is 207 Å². The second-order valence-electron chi connectivity index (χ2n) is 8.19. The number of rotatable bonds is 11. The van der Waals surface area contributed by atoms with Crippen LogP contribution < -0.4 is 9.08 Å². The molecule has 0 radical (unpaired) electrons. The minimum absolute atomic E-state index is 0.0786. The normalized spacial score (nSPS) is 15.8. The van der Waals surface area contributed by atoms with Crippen molar-refractivity contribution in [2.45, 2.75) is 46.3 Å². The molecule has 0 aromatic heterocycles. The highest BCUT2D eigenvalue weighted by Crippen LogP contribution is 2.30. The topological polar surface area (TPSA) is 76.2 Å². The van der Waals surface area contributed by atoms with Crippen LogP contribution in [0.1, 0.15) is 49.5 Å². The first-order chi connectivity index (χ1) is 16.3. The van der Waals surface area contributed by atoms with Gasteiger partial charge in [0.1, 0.15) is 5.75 Å². The van der Waals surface area contributed by atoms with E-state index in [4.69, 9.17) is 20.5 Å². The summed E-state index contributed by atoms with van der Waals surface area (Å²) in [4.78, 5) is 17.3. The molecular weight excluding hydrogens is 476 g/mol. The number of benzene rings is 2. The van der Waals surface area contributed by atoms with E-state index in [-0.39, 0.29) is 30.1 Å². The molecule has 34 heavy (non-hydrogen) atoms. The number of hydrogen-bond donors (Lipinski definition) is 0. The summed E-state index contributed by atoms with van der Waals surface area (Å²) < 4.78 is 36.0. The second-order valence-corrected chi connectivity index (χ2v) is 10.5. The third kappa shape index (κ3) is 6.64. The van der Waals surface area contributed by atoms with E-state index in [1.54, 1.807) is 35.2 Å². The van der Waals surface area contributed by atoms with Gasteiger partial charge in [0.25, 0.3) is 5.91 Å². The fourth-order valence-electron chi connectivity index (χ4n) is 4.00. The van der Waals surface area contributed by atoms with Gasteiger partial charge in [0.05, 0.1) is 22.4 Å². The van der Waals surface area contributed by atoms with Crippen molar-refractivity contribution in [3.8, 4) is 5.75 Å². The molecule has 1 atom stereocenters. The molecule has 1 unspecified atom stereocenters. The number of anilines is 1. The summed E-state index contributed by atoms with van der Waals surface area (Å²) in [6.07, 6.45) is 1.73. The predicted molar refractivity (Wildman–Crippen MR) is 135 cm³/mol. The van der Waals surface area contributed by atoms with Crippen molar-refractivity contribution in [2.75, 3.05) is 36.9 Å². The van der Waals surface area contributed by atoms with E-state index < -0.39 is 10.1 Å². The van der Waals surface area contributed by atoms with Gasteiger partial charge in [-0.25, -0.2) is 0 Å². The van der Waals surface area contributed by atoms with E-state index in [0.29, 0.717) is 29.3 Å². The summed E-state index contributed by atoms with van der Waals surface area (Å²) in [5.74, 6) is -0.158. The van der Waals surface area contributed by atoms with Gasteiger partial charge in [0, 0.05) is 50.1 Å². The van der Waals surface area contributed by atoms with Crippen LogP contribution in [-0.2, 0) is 21.4 Å². The van der Waals surface area contributed by atoms with Crippen molar-refractivity contribution in [2.24, 2.45) is 0 Å². The standard InChI is InChI=1S/C25H33ClN2O5S/c1-4-27(5-2)20-14-13-19(24(16-20)33-34(30,31)6-3)17-28(18-21-10-9-15-32-21)25(29)22-11-7-8-12-23(22)26/h7-8,11-14,16,21H,4-6,9-10,15,17-18H2,1-3H3. The van der Waals surface area contributed by atoms with E-state index in [0.717, 1.165) is 31.6 Å². The maximum atomic E-state index is 13.5. The van der Waals surface area contributed by atoms with Crippen molar-refractivity contribution >= 4 is 33.3 Å². The van der Waals surface area contributed by atoms with Crippen molar-refractivity contribution in [3.63, 3.8) is 0 Å². The Hall–Kier alpha value is -2.29. The molecule has 1 aliphatic rings. The molecule has 9 heteroatoms. The number of carbonyl (C=O) groups excluding carboxylic acids is 1. The first-order valence-corrected chi connectivity index (χ1v) is 13.7. The minimum Gasteiger partial charge on any atom is -0.382 e. The van der Waals surface area contributed by atoms with Gasteiger partial charge in [0.15, 0.2) is 0 Å². The fourth-order valence-corrected chi connectivity index (χ4v) is 4.76. The average Bonchev–Trinajstić information content (AvgIpc) is 3.34. The van der Waals surface area contributed by atoms with Gasteiger partial charge in [-0.05, 0) is 51.8 Å². The van der Waals surface area contributed by atoms with E-state index >= 15 is 0 Å². The van der Waals surface area contributed by atoms with E-state index in [2.05, 4.69) is 4.90 Å². The molecule has 0 saturated carbocycles. The quantitative estimate of drug-likeness (QED) is 0.408. The summed E-state index contributed by atoms with van der Waals surface area (Å²) in [6, 6.07) is 12.4. The first-order valence-electron chi connectivity index (χ1n) is 11.7. The molecular formula is C25H33ClN2O5S. The summed E-state index contributed by atoms with van der Waals surface area (Å²) in [5.41, 5.74) is 1.86. The van der Waals surface area contributed by atoms with Gasteiger partial charge >= 0.3 is 10.1 Å². The largest absolute Gasteiger partial charge is 0.382 e. The lowest BCUT2D eigenvalue weighted by atomic mass is 10.1. The third-order valence-electron chi connectivity index (χ3n) is 5.95. The highest BCUT2D eigenvalue weighted by atomic mass is 35.5. The molecule has 2 aromatic carbocycles. The van der Waals surface area contributed by atoms with Crippen LogP contribution in [-0.4, -0.2) is 57.3 Å². The lowest BCUT2D eigenvalue weighted by molar-refractivity contribution is 0.0506. The van der Waals surface area contributed by atoms with Gasteiger partial charge in [0.2, 0.25) is 0 Å². The number of nitrogens with zero attached hydrogens (tertiary/aromatic N) is 2. The minimum atomic E-state index is -3.76. The Kier molecular flexibility index (Phi) is 9.22. The number of carbonyl (C=O) groups is 1. The first kappa shape index (κ1) is 26.3. The van der Waals surface area contributed by atoms with Crippen LogP contribution in [0, 0.1) is 0 Å². The number of halogens is 1. The van der Waals surface area contributed by atoms with E-state index in [9.17, 15) is 13.2 Å². The molecule has 0 spiro atoms. The van der Waals surface area contributed by atoms with Crippen LogP contribution >= 0.6 is 11.6 Å². The molecule has 1 saturated heterocycles. The van der Waals surface area contributed by atoms with Crippen LogP contribution in [0.25, 0.3) is 0 Å². The Bertz CT molecular complexity index is 1080. The summed E-state index contributed by atoms with van der Waals surface area (Å²) in [6.45, 7) is 8.35.